The molecule has 0 unspecified atom stereocenters. The Kier molecular flexibility index (Phi) is 4.67. The molecule has 0 aromatic carbocycles. The number of aromatic nitrogens is 4. The van der Waals surface area contributed by atoms with E-state index < -0.39 is 17.4 Å². The Bertz CT molecular complexity index is 773. The number of hydrogen-bond acceptors (Lipinski definition) is 6. The fraction of sp³-hybridized carbons (Fsp3) is 0.615. The van der Waals surface area contributed by atoms with Gasteiger partial charge in [0.05, 0.1) is 25.4 Å². The molecule has 0 aliphatic carbocycles. The van der Waals surface area contributed by atoms with Crippen LogP contribution >= 0.6 is 0 Å². The van der Waals surface area contributed by atoms with Crippen molar-refractivity contribution in [2.75, 3.05) is 19.0 Å². The Morgan fingerprint density at radius 1 is 1.41 bits per heavy atom. The van der Waals surface area contributed by atoms with Gasteiger partial charge in [0, 0.05) is 14.1 Å². The number of anilines is 1. The average Bonchev–Trinajstić information content (AvgIpc) is 2.82. The van der Waals surface area contributed by atoms with Crippen LogP contribution < -0.4 is 16.6 Å². The van der Waals surface area contributed by atoms with Gasteiger partial charge in [-0.25, -0.2) is 4.79 Å². The van der Waals surface area contributed by atoms with Crippen molar-refractivity contribution in [3.05, 3.63) is 20.8 Å². The molecule has 0 saturated heterocycles. The van der Waals surface area contributed by atoms with E-state index in [0.717, 1.165) is 0 Å². The van der Waals surface area contributed by atoms with E-state index >= 15 is 0 Å². The van der Waals surface area contributed by atoms with Crippen molar-refractivity contribution in [1.29, 1.82) is 0 Å². The van der Waals surface area contributed by atoms with E-state index in [2.05, 4.69) is 15.3 Å². The summed E-state index contributed by atoms with van der Waals surface area (Å²) in [5.41, 5.74) is -0.581. The first-order valence-electron chi connectivity index (χ1n) is 7.02. The second-order valence-corrected chi connectivity index (χ2v) is 5.32. The first-order chi connectivity index (χ1) is 10.3. The van der Waals surface area contributed by atoms with Gasteiger partial charge in [-0.1, -0.05) is 0 Å². The summed E-state index contributed by atoms with van der Waals surface area (Å²) in [7, 11) is 3.18. The molecular formula is C13H21N5O4. The van der Waals surface area contributed by atoms with E-state index in [9.17, 15) is 14.7 Å². The summed E-state index contributed by atoms with van der Waals surface area (Å²) in [6.45, 7) is 4.02. The van der Waals surface area contributed by atoms with Crippen LogP contribution in [0.3, 0.4) is 0 Å². The summed E-state index contributed by atoms with van der Waals surface area (Å²) in [6.07, 6.45) is -0.800. The molecule has 2 heterocycles. The van der Waals surface area contributed by atoms with Crippen molar-refractivity contribution in [2.24, 2.45) is 7.05 Å². The predicted molar refractivity (Wildman–Crippen MR) is 82.2 cm³/mol. The molecule has 0 radical (unpaired) electrons. The topological polar surface area (TPSA) is 114 Å². The van der Waals surface area contributed by atoms with Crippen LogP contribution in [0.1, 0.15) is 13.8 Å². The molecule has 0 saturated carbocycles. The van der Waals surface area contributed by atoms with Gasteiger partial charge < -0.3 is 19.7 Å². The largest absolute Gasteiger partial charge is 0.389 e. The predicted octanol–water partition coefficient (Wildman–Crippen LogP) is -0.749. The zero-order valence-corrected chi connectivity index (χ0v) is 13.1. The third-order valence-corrected chi connectivity index (χ3v) is 3.25. The number of aliphatic hydroxyl groups excluding tert-OH is 1. The van der Waals surface area contributed by atoms with Crippen LogP contribution in [0.4, 0.5) is 5.95 Å². The number of hydrogen-bond donors (Lipinski definition) is 3. The Morgan fingerprint density at radius 2 is 2.09 bits per heavy atom. The van der Waals surface area contributed by atoms with E-state index in [-0.39, 0.29) is 30.4 Å². The van der Waals surface area contributed by atoms with E-state index in [1.807, 2.05) is 13.8 Å². The van der Waals surface area contributed by atoms with Crippen LogP contribution in [-0.4, -0.2) is 50.1 Å². The first kappa shape index (κ1) is 16.2. The minimum absolute atomic E-state index is 0.00202. The number of ether oxygens (including phenoxy) is 1. The van der Waals surface area contributed by atoms with Crippen molar-refractivity contribution in [3.8, 4) is 0 Å². The highest BCUT2D eigenvalue weighted by molar-refractivity contribution is 5.74. The summed E-state index contributed by atoms with van der Waals surface area (Å²) < 4.78 is 8.16. The smallest absolute Gasteiger partial charge is 0.329 e. The number of aromatic amines is 1. The molecule has 2 aromatic rings. The van der Waals surface area contributed by atoms with E-state index in [4.69, 9.17) is 4.74 Å². The maximum atomic E-state index is 12.1. The molecule has 0 aliphatic heterocycles. The number of aryl methyl sites for hydroxylation is 1. The van der Waals surface area contributed by atoms with Gasteiger partial charge in [0.15, 0.2) is 11.2 Å². The van der Waals surface area contributed by atoms with Gasteiger partial charge in [-0.2, -0.15) is 4.98 Å². The van der Waals surface area contributed by atoms with Gasteiger partial charge in [0.2, 0.25) is 5.95 Å². The van der Waals surface area contributed by atoms with Crippen molar-refractivity contribution >= 4 is 17.1 Å². The molecule has 2 aromatic heterocycles. The minimum atomic E-state index is -0.802. The monoisotopic (exact) mass is 311 g/mol. The van der Waals surface area contributed by atoms with E-state index in [1.165, 1.54) is 11.6 Å². The molecule has 9 nitrogen and oxygen atoms in total. The normalized spacial score (nSPS) is 13.0. The molecule has 9 heteroatoms. The molecule has 0 spiro atoms. The average molecular weight is 311 g/mol. The van der Waals surface area contributed by atoms with Crippen LogP contribution in [-0.2, 0) is 18.3 Å². The number of imidazole rings is 1. The third-order valence-electron chi connectivity index (χ3n) is 3.25. The lowest BCUT2D eigenvalue weighted by molar-refractivity contribution is -0.0000997. The summed E-state index contributed by atoms with van der Waals surface area (Å²) >= 11 is 0. The second kappa shape index (κ2) is 6.32. The van der Waals surface area contributed by atoms with E-state index in [0.29, 0.717) is 5.95 Å². The summed E-state index contributed by atoms with van der Waals surface area (Å²) in [4.78, 5) is 30.2. The Hall–Kier alpha value is -2.13. The number of aliphatic hydroxyl groups is 1. The molecule has 3 N–H and O–H groups in total. The van der Waals surface area contributed by atoms with E-state index in [1.54, 1.807) is 11.6 Å². The van der Waals surface area contributed by atoms with Gasteiger partial charge in [0.1, 0.15) is 0 Å². The molecule has 0 bridgehead atoms. The molecule has 1 atom stereocenters. The Labute approximate surface area is 126 Å². The molecule has 122 valence electrons. The maximum Gasteiger partial charge on any atom is 0.329 e. The van der Waals surface area contributed by atoms with Crippen molar-refractivity contribution in [1.82, 2.24) is 19.1 Å². The highest BCUT2D eigenvalue weighted by atomic mass is 16.5. The SMILES string of the molecule is CNc1nc2c(c(=O)[nH]c(=O)n2C)n1C[C@H](O)COC(C)C. The quantitative estimate of drug-likeness (QED) is 0.647. The van der Waals surface area contributed by atoms with Gasteiger partial charge in [0.25, 0.3) is 5.56 Å². The fourth-order valence-corrected chi connectivity index (χ4v) is 2.17. The van der Waals surface area contributed by atoms with Crippen LogP contribution in [0.2, 0.25) is 0 Å². The third kappa shape index (κ3) is 3.04. The number of fused-ring (bicyclic) bond motifs is 1. The standard InChI is InChI=1S/C13H21N5O4/c1-7(2)22-6-8(19)5-18-9-10(15-12(18)14-3)17(4)13(21)16-11(9)20/h7-8,19H,5-6H2,1-4H3,(H,14,15)(H,16,20,21)/t8-/m0/s1. The van der Waals surface area contributed by atoms with Gasteiger partial charge >= 0.3 is 5.69 Å². The number of rotatable bonds is 6. The Balaban J connectivity index is 2.46. The van der Waals surface area contributed by atoms with Crippen LogP contribution in [0.5, 0.6) is 0 Å². The van der Waals surface area contributed by atoms with Crippen molar-refractivity contribution in [3.63, 3.8) is 0 Å². The highest BCUT2D eigenvalue weighted by Gasteiger charge is 2.19. The molecule has 22 heavy (non-hydrogen) atoms. The zero-order valence-electron chi connectivity index (χ0n) is 13.1. The molecule has 0 amide bonds. The number of nitrogens with zero attached hydrogens (tertiary/aromatic N) is 3. The lowest BCUT2D eigenvalue weighted by Crippen LogP contribution is -2.30. The zero-order chi connectivity index (χ0) is 16.4. The highest BCUT2D eigenvalue weighted by Crippen LogP contribution is 2.15. The van der Waals surface area contributed by atoms with Gasteiger partial charge in [-0.3, -0.25) is 14.3 Å². The van der Waals surface area contributed by atoms with Gasteiger partial charge in [-0.15, -0.1) is 0 Å². The lowest BCUT2D eigenvalue weighted by Gasteiger charge is -2.15. The van der Waals surface area contributed by atoms with Crippen LogP contribution in [0.15, 0.2) is 9.59 Å². The van der Waals surface area contributed by atoms with Crippen LogP contribution in [0, 0.1) is 0 Å². The minimum Gasteiger partial charge on any atom is -0.389 e. The van der Waals surface area contributed by atoms with Crippen molar-refractivity contribution in [2.45, 2.75) is 32.6 Å². The van der Waals surface area contributed by atoms with Gasteiger partial charge in [-0.05, 0) is 13.8 Å². The fourth-order valence-electron chi connectivity index (χ4n) is 2.17. The Morgan fingerprint density at radius 3 is 2.68 bits per heavy atom. The molecule has 2 rings (SSSR count). The molecule has 0 fully saturated rings. The first-order valence-corrected chi connectivity index (χ1v) is 7.02. The number of nitrogens with one attached hydrogen (secondary N) is 2. The second-order valence-electron chi connectivity index (χ2n) is 5.32. The summed E-state index contributed by atoms with van der Waals surface area (Å²) in [5.74, 6) is 0.394. The summed E-state index contributed by atoms with van der Waals surface area (Å²) in [5, 5.41) is 12.9. The summed E-state index contributed by atoms with van der Waals surface area (Å²) in [6, 6.07) is 0. The maximum absolute atomic E-state index is 12.1. The number of H-pyrrole nitrogens is 1. The van der Waals surface area contributed by atoms with Crippen molar-refractivity contribution < 1.29 is 9.84 Å². The molecule has 0 aliphatic rings. The van der Waals surface area contributed by atoms with Crippen LogP contribution in [0.25, 0.3) is 11.2 Å². The lowest BCUT2D eigenvalue weighted by atomic mass is 10.3. The molecular weight excluding hydrogens is 290 g/mol.